The molecule has 0 atom stereocenters. The number of amides is 2. The van der Waals surface area contributed by atoms with Crippen LogP contribution >= 0.6 is 0 Å². The molecule has 102 valence electrons. The van der Waals surface area contributed by atoms with Crippen molar-refractivity contribution < 1.29 is 19.3 Å². The van der Waals surface area contributed by atoms with Gasteiger partial charge in [-0.15, -0.1) is 0 Å². The van der Waals surface area contributed by atoms with Crippen molar-refractivity contribution in [3.63, 3.8) is 0 Å². The van der Waals surface area contributed by atoms with Crippen LogP contribution in [0.25, 0.3) is 0 Å². The van der Waals surface area contributed by atoms with Gasteiger partial charge in [-0.25, -0.2) is 5.48 Å². The first-order valence-electron chi connectivity index (χ1n) is 5.38. The fourth-order valence-electron chi connectivity index (χ4n) is 1.30. The van der Waals surface area contributed by atoms with E-state index in [0.29, 0.717) is 0 Å². The van der Waals surface area contributed by atoms with Gasteiger partial charge >= 0.3 is 0 Å². The summed E-state index contributed by atoms with van der Waals surface area (Å²) in [6, 6.07) is 5.91. The van der Waals surface area contributed by atoms with Crippen molar-refractivity contribution in [1.82, 2.24) is 10.8 Å². The molecule has 1 rings (SSSR count). The summed E-state index contributed by atoms with van der Waals surface area (Å²) in [5.41, 5.74) is 2.18. The molecule has 2 amide bonds. The zero-order valence-electron chi connectivity index (χ0n) is 10.2. The van der Waals surface area contributed by atoms with Gasteiger partial charge in [0.05, 0.1) is 11.3 Å². The molecule has 8 heteroatoms. The van der Waals surface area contributed by atoms with E-state index >= 15 is 0 Å². The van der Waals surface area contributed by atoms with E-state index in [9.17, 15) is 19.7 Å². The van der Waals surface area contributed by atoms with Gasteiger partial charge < -0.3 is 5.32 Å². The lowest BCUT2D eigenvalue weighted by Gasteiger charge is -2.05. The minimum Gasteiger partial charge on any atom is -0.357 e. The fourth-order valence-corrected chi connectivity index (χ4v) is 1.30. The average molecular weight is 267 g/mol. The maximum Gasteiger partial charge on any atom is 0.273 e. The van der Waals surface area contributed by atoms with Crippen LogP contribution in [-0.2, 0) is 20.8 Å². The number of rotatable bonds is 6. The SMILES string of the molecule is CNC(=O)CONC(=O)Cc1ccccc1[N+](=O)[O-]. The van der Waals surface area contributed by atoms with Gasteiger partial charge in [0.1, 0.15) is 0 Å². The first kappa shape index (κ1) is 14.6. The predicted molar refractivity (Wildman–Crippen MR) is 65.0 cm³/mol. The summed E-state index contributed by atoms with van der Waals surface area (Å²) in [4.78, 5) is 37.1. The summed E-state index contributed by atoms with van der Waals surface area (Å²) in [5.74, 6) is -0.968. The van der Waals surface area contributed by atoms with E-state index in [1.165, 1.54) is 25.2 Å². The highest BCUT2D eigenvalue weighted by atomic mass is 16.7. The van der Waals surface area contributed by atoms with Gasteiger partial charge in [0.15, 0.2) is 6.61 Å². The topological polar surface area (TPSA) is 111 Å². The summed E-state index contributed by atoms with van der Waals surface area (Å²) in [5, 5.41) is 13.0. The van der Waals surface area contributed by atoms with Crippen molar-refractivity contribution >= 4 is 17.5 Å². The molecule has 0 aromatic heterocycles. The minimum absolute atomic E-state index is 0.135. The lowest BCUT2D eigenvalue weighted by molar-refractivity contribution is -0.385. The molecule has 0 aliphatic heterocycles. The third-order valence-corrected chi connectivity index (χ3v) is 2.21. The van der Waals surface area contributed by atoms with Crippen LogP contribution in [0.15, 0.2) is 24.3 Å². The maximum atomic E-state index is 11.5. The summed E-state index contributed by atoms with van der Waals surface area (Å²) in [6.07, 6.45) is -0.203. The Bertz CT molecular complexity index is 489. The van der Waals surface area contributed by atoms with Crippen molar-refractivity contribution in [2.45, 2.75) is 6.42 Å². The van der Waals surface area contributed by atoms with E-state index in [1.54, 1.807) is 6.07 Å². The van der Waals surface area contributed by atoms with Crippen LogP contribution in [0.4, 0.5) is 5.69 Å². The summed E-state index contributed by atoms with van der Waals surface area (Å²) < 4.78 is 0. The molecule has 0 unspecified atom stereocenters. The molecule has 0 aliphatic rings. The molecular formula is C11H13N3O5. The molecule has 0 radical (unpaired) electrons. The number of hydroxylamine groups is 1. The lowest BCUT2D eigenvalue weighted by atomic mass is 10.1. The Morgan fingerprint density at radius 3 is 2.63 bits per heavy atom. The second-order valence-corrected chi connectivity index (χ2v) is 3.55. The Labute approximate surface area is 108 Å². The molecule has 1 aromatic carbocycles. The number of benzene rings is 1. The van der Waals surface area contributed by atoms with Gasteiger partial charge in [0.25, 0.3) is 5.69 Å². The molecule has 0 saturated heterocycles. The van der Waals surface area contributed by atoms with E-state index in [1.807, 2.05) is 5.48 Å². The number of likely N-dealkylation sites (N-methyl/N-ethyl adjacent to an activating group) is 1. The quantitative estimate of drug-likeness (QED) is 0.553. The number of nitro groups is 1. The summed E-state index contributed by atoms with van der Waals surface area (Å²) in [6.45, 7) is -0.320. The Morgan fingerprint density at radius 1 is 1.32 bits per heavy atom. The van der Waals surface area contributed by atoms with Gasteiger partial charge in [-0.1, -0.05) is 18.2 Å². The van der Waals surface area contributed by atoms with E-state index in [0.717, 1.165) is 0 Å². The third-order valence-electron chi connectivity index (χ3n) is 2.21. The third kappa shape index (κ3) is 4.72. The van der Waals surface area contributed by atoms with Crippen LogP contribution in [-0.4, -0.2) is 30.4 Å². The highest BCUT2D eigenvalue weighted by Crippen LogP contribution is 2.17. The Kier molecular flexibility index (Phi) is 5.42. The van der Waals surface area contributed by atoms with Crippen LogP contribution in [0.3, 0.4) is 0 Å². The number of nitro benzene ring substituents is 1. The number of carbonyl (C=O) groups excluding carboxylic acids is 2. The molecule has 0 bridgehead atoms. The van der Waals surface area contributed by atoms with Crippen LogP contribution < -0.4 is 10.8 Å². The molecule has 0 spiro atoms. The van der Waals surface area contributed by atoms with Gasteiger partial charge in [0, 0.05) is 18.7 Å². The number of hydrogen-bond donors (Lipinski definition) is 2. The summed E-state index contributed by atoms with van der Waals surface area (Å²) in [7, 11) is 1.43. The smallest absolute Gasteiger partial charge is 0.273 e. The van der Waals surface area contributed by atoms with E-state index in [4.69, 9.17) is 0 Å². The van der Waals surface area contributed by atoms with Crippen molar-refractivity contribution in [3.05, 3.63) is 39.9 Å². The Hall–Kier alpha value is -2.48. The molecular weight excluding hydrogens is 254 g/mol. The van der Waals surface area contributed by atoms with Gasteiger partial charge in [-0.3, -0.25) is 24.5 Å². The number of carbonyl (C=O) groups is 2. The highest BCUT2D eigenvalue weighted by molar-refractivity contribution is 5.80. The van der Waals surface area contributed by atoms with Gasteiger partial charge in [-0.2, -0.15) is 0 Å². The van der Waals surface area contributed by atoms with Crippen molar-refractivity contribution in [1.29, 1.82) is 0 Å². The molecule has 0 fully saturated rings. The predicted octanol–water partition coefficient (Wildman–Crippen LogP) is -0.0689. The normalized spacial score (nSPS) is 9.74. The van der Waals surface area contributed by atoms with Crippen LogP contribution in [0, 0.1) is 10.1 Å². The first-order valence-corrected chi connectivity index (χ1v) is 5.38. The number of nitrogens with one attached hydrogen (secondary N) is 2. The standard InChI is InChI=1S/C11H13N3O5/c1-12-11(16)7-19-13-10(15)6-8-4-2-3-5-9(8)14(17)18/h2-5H,6-7H2,1H3,(H,12,16)(H,13,15). The van der Waals surface area contributed by atoms with Crippen LogP contribution in [0.1, 0.15) is 5.56 Å². The average Bonchev–Trinajstić information content (AvgIpc) is 2.38. The van der Waals surface area contributed by atoms with E-state index < -0.39 is 16.7 Å². The minimum atomic E-state index is -0.571. The molecule has 0 heterocycles. The van der Waals surface area contributed by atoms with Crippen molar-refractivity contribution in [2.75, 3.05) is 13.7 Å². The largest absolute Gasteiger partial charge is 0.357 e. The monoisotopic (exact) mass is 267 g/mol. The van der Waals surface area contributed by atoms with Gasteiger partial charge in [-0.05, 0) is 0 Å². The number of para-hydroxylation sites is 1. The second kappa shape index (κ2) is 7.07. The van der Waals surface area contributed by atoms with Crippen molar-refractivity contribution in [2.24, 2.45) is 0 Å². The van der Waals surface area contributed by atoms with Crippen molar-refractivity contribution in [3.8, 4) is 0 Å². The van der Waals surface area contributed by atoms with E-state index in [2.05, 4.69) is 10.2 Å². The van der Waals surface area contributed by atoms with Gasteiger partial charge in [0.2, 0.25) is 11.8 Å². The number of nitrogens with zero attached hydrogens (tertiary/aromatic N) is 1. The molecule has 0 saturated carbocycles. The molecule has 2 N–H and O–H groups in total. The second-order valence-electron chi connectivity index (χ2n) is 3.55. The number of hydrogen-bond acceptors (Lipinski definition) is 5. The van der Waals surface area contributed by atoms with Crippen LogP contribution in [0.5, 0.6) is 0 Å². The molecule has 1 aromatic rings. The first-order chi connectivity index (χ1) is 9.04. The van der Waals surface area contributed by atoms with Crippen LogP contribution in [0.2, 0.25) is 0 Å². The highest BCUT2D eigenvalue weighted by Gasteiger charge is 2.15. The van der Waals surface area contributed by atoms with E-state index in [-0.39, 0.29) is 24.3 Å². The lowest BCUT2D eigenvalue weighted by Crippen LogP contribution is -2.31. The zero-order chi connectivity index (χ0) is 14.3. The fraction of sp³-hybridized carbons (Fsp3) is 0.273. The molecule has 8 nitrogen and oxygen atoms in total. The molecule has 0 aliphatic carbocycles. The maximum absolute atomic E-state index is 11.5. The molecule has 19 heavy (non-hydrogen) atoms. The summed E-state index contributed by atoms with van der Waals surface area (Å²) >= 11 is 0. The Morgan fingerprint density at radius 2 is 2.00 bits per heavy atom. The Balaban J connectivity index is 2.53. The zero-order valence-corrected chi connectivity index (χ0v) is 10.2.